The Balaban J connectivity index is 1.39. The lowest BCUT2D eigenvalue weighted by atomic mass is 9.92. The van der Waals surface area contributed by atoms with Crippen molar-refractivity contribution < 1.29 is 14.4 Å². The molecule has 9 nitrogen and oxygen atoms in total. The second kappa shape index (κ2) is 13.8. The summed E-state index contributed by atoms with van der Waals surface area (Å²) in [5.41, 5.74) is 3.74. The molecule has 1 aliphatic heterocycles. The number of nitrogens with one attached hydrogen (secondary N) is 2. The number of imidazole rings is 1. The van der Waals surface area contributed by atoms with Crippen LogP contribution in [0.15, 0.2) is 72.2 Å². The Labute approximate surface area is 248 Å². The number of likely N-dealkylation sites (N-methyl/N-ethyl adjacent to an activating group) is 1. The summed E-state index contributed by atoms with van der Waals surface area (Å²) in [4.78, 5) is 49.3. The molecule has 3 aromatic rings. The fraction of sp³-hybridized carbons (Fsp3) is 0.455. The van der Waals surface area contributed by atoms with Crippen LogP contribution in [0.25, 0.3) is 5.65 Å². The van der Waals surface area contributed by atoms with Gasteiger partial charge in [-0.2, -0.15) is 0 Å². The molecule has 1 aliphatic carbocycles. The Kier molecular flexibility index (Phi) is 9.69. The van der Waals surface area contributed by atoms with Crippen LogP contribution in [0.1, 0.15) is 67.9 Å². The summed E-state index contributed by atoms with van der Waals surface area (Å²) < 4.78 is 1.85. The molecular formula is C33H42N6O3. The van der Waals surface area contributed by atoms with E-state index in [0.29, 0.717) is 37.4 Å². The molecule has 1 aromatic carbocycles. The minimum absolute atomic E-state index is 0.130. The third-order valence-electron chi connectivity index (χ3n) is 8.55. The maximum atomic E-state index is 14.1. The number of carbonyl (C=O) groups is 3. The van der Waals surface area contributed by atoms with Crippen molar-refractivity contribution in [3.8, 4) is 0 Å². The molecule has 2 aliphatic rings. The average molecular weight is 571 g/mol. The molecule has 222 valence electrons. The summed E-state index contributed by atoms with van der Waals surface area (Å²) in [5.74, 6) is -0.480. The van der Waals surface area contributed by atoms with Gasteiger partial charge in [-0.3, -0.25) is 14.4 Å². The molecule has 2 aromatic heterocycles. The van der Waals surface area contributed by atoms with Crippen molar-refractivity contribution >= 4 is 23.4 Å². The molecule has 2 fully saturated rings. The highest BCUT2D eigenvalue weighted by Gasteiger charge is 2.35. The number of hydrogen-bond acceptors (Lipinski definition) is 5. The highest BCUT2D eigenvalue weighted by molar-refractivity contribution is 5.99. The third-order valence-corrected chi connectivity index (χ3v) is 8.55. The molecule has 9 heteroatoms. The largest absolute Gasteiger partial charge is 0.335 e. The number of likely N-dealkylation sites (tertiary alicyclic amines) is 1. The van der Waals surface area contributed by atoms with Gasteiger partial charge in [0, 0.05) is 38.1 Å². The normalized spacial score (nSPS) is 17.7. The summed E-state index contributed by atoms with van der Waals surface area (Å²) in [5, 5.41) is 5.96. The maximum Gasteiger partial charge on any atom is 0.274 e. The van der Waals surface area contributed by atoms with Crippen LogP contribution in [-0.4, -0.2) is 75.7 Å². The van der Waals surface area contributed by atoms with E-state index in [1.54, 1.807) is 20.2 Å². The van der Waals surface area contributed by atoms with Gasteiger partial charge in [-0.1, -0.05) is 42.8 Å². The molecule has 1 saturated heterocycles. The van der Waals surface area contributed by atoms with Gasteiger partial charge in [-0.05, 0) is 82.2 Å². The SMILES string of the molecule is CN[C@@H](C)C(=O)NC(C(=O)N1CCC[C@H]1CN(CCc1ccccc1)C(=O)c1cn2ccccc2n1)=C1CCCCC1. The molecule has 0 unspecified atom stereocenters. The molecule has 42 heavy (non-hydrogen) atoms. The zero-order valence-electron chi connectivity index (χ0n) is 24.7. The molecule has 2 atom stereocenters. The zero-order chi connectivity index (χ0) is 29.5. The van der Waals surface area contributed by atoms with Crippen LogP contribution in [0, 0.1) is 0 Å². The third kappa shape index (κ3) is 6.90. The lowest BCUT2D eigenvalue weighted by molar-refractivity contribution is -0.131. The number of rotatable bonds is 10. The quantitative estimate of drug-likeness (QED) is 0.360. The summed E-state index contributed by atoms with van der Waals surface area (Å²) in [7, 11) is 1.74. The van der Waals surface area contributed by atoms with Crippen molar-refractivity contribution in [2.24, 2.45) is 0 Å². The summed E-state index contributed by atoms with van der Waals surface area (Å²) in [6.45, 7) is 3.32. The highest BCUT2D eigenvalue weighted by Crippen LogP contribution is 2.28. The molecule has 0 radical (unpaired) electrons. The smallest absolute Gasteiger partial charge is 0.274 e. The highest BCUT2D eigenvalue weighted by atomic mass is 16.2. The van der Waals surface area contributed by atoms with E-state index in [0.717, 1.165) is 61.7 Å². The van der Waals surface area contributed by atoms with E-state index in [9.17, 15) is 14.4 Å². The number of amides is 3. The molecular weight excluding hydrogens is 528 g/mol. The number of carbonyl (C=O) groups excluding carboxylic acids is 3. The minimum Gasteiger partial charge on any atom is -0.335 e. The first kappa shape index (κ1) is 29.5. The van der Waals surface area contributed by atoms with Gasteiger partial charge in [0.1, 0.15) is 17.0 Å². The summed E-state index contributed by atoms with van der Waals surface area (Å²) in [6.07, 6.45) is 10.8. The number of aromatic nitrogens is 2. The Hall–Kier alpha value is -3.98. The van der Waals surface area contributed by atoms with Crippen LogP contribution in [-0.2, 0) is 16.0 Å². The second-order valence-electron chi connectivity index (χ2n) is 11.4. The number of fused-ring (bicyclic) bond motifs is 1. The van der Waals surface area contributed by atoms with Crippen molar-refractivity contribution in [1.29, 1.82) is 0 Å². The van der Waals surface area contributed by atoms with Crippen molar-refractivity contribution in [2.45, 2.75) is 70.4 Å². The van der Waals surface area contributed by atoms with Gasteiger partial charge in [-0.15, -0.1) is 0 Å². The van der Waals surface area contributed by atoms with Crippen LogP contribution < -0.4 is 10.6 Å². The average Bonchev–Trinajstić information content (AvgIpc) is 3.69. The fourth-order valence-corrected chi connectivity index (χ4v) is 5.96. The summed E-state index contributed by atoms with van der Waals surface area (Å²) >= 11 is 0. The van der Waals surface area contributed by atoms with E-state index in [4.69, 9.17) is 0 Å². The van der Waals surface area contributed by atoms with Gasteiger partial charge < -0.3 is 24.8 Å². The van der Waals surface area contributed by atoms with Crippen molar-refractivity contribution in [1.82, 2.24) is 29.8 Å². The van der Waals surface area contributed by atoms with Crippen molar-refractivity contribution in [3.05, 3.63) is 83.5 Å². The standard InChI is InChI=1S/C33H42N6O3/c1-24(34-2)31(40)36-30(26-14-7-4-8-15-26)33(42)39-20-11-16-27(39)22-38(21-18-25-12-5-3-6-13-25)32(41)28-23-37-19-10-9-17-29(37)35-28/h3,5-6,9-10,12-13,17,19,23-24,27,34H,4,7-8,11,14-16,18,20-22H2,1-2H3,(H,36,40)/t24-,27-/m0/s1. The minimum atomic E-state index is -0.414. The Bertz CT molecular complexity index is 1390. The van der Waals surface area contributed by atoms with Crippen molar-refractivity contribution in [3.63, 3.8) is 0 Å². The number of hydrogen-bond donors (Lipinski definition) is 2. The lowest BCUT2D eigenvalue weighted by Crippen LogP contribution is -2.49. The van der Waals surface area contributed by atoms with E-state index >= 15 is 0 Å². The predicted molar refractivity (Wildman–Crippen MR) is 163 cm³/mol. The van der Waals surface area contributed by atoms with Crippen LogP contribution in [0.3, 0.4) is 0 Å². The Morgan fingerprint density at radius 2 is 1.79 bits per heavy atom. The molecule has 3 amide bonds. The van der Waals surface area contributed by atoms with Crippen LogP contribution >= 0.6 is 0 Å². The van der Waals surface area contributed by atoms with Crippen LogP contribution in [0.5, 0.6) is 0 Å². The number of allylic oxidation sites excluding steroid dienone is 1. The van der Waals surface area contributed by atoms with Gasteiger partial charge >= 0.3 is 0 Å². The van der Waals surface area contributed by atoms with Gasteiger partial charge in [0.2, 0.25) is 5.91 Å². The predicted octanol–water partition coefficient (Wildman–Crippen LogP) is 3.95. The zero-order valence-corrected chi connectivity index (χ0v) is 24.7. The lowest BCUT2D eigenvalue weighted by Gasteiger charge is -2.32. The number of benzene rings is 1. The molecule has 0 bridgehead atoms. The van der Waals surface area contributed by atoms with E-state index in [1.807, 2.05) is 56.8 Å². The number of pyridine rings is 1. The first-order valence-electron chi connectivity index (χ1n) is 15.2. The van der Waals surface area contributed by atoms with Gasteiger partial charge in [-0.25, -0.2) is 4.98 Å². The molecule has 2 N–H and O–H groups in total. The van der Waals surface area contributed by atoms with Gasteiger partial charge in [0.05, 0.1) is 6.04 Å². The molecule has 0 spiro atoms. The Morgan fingerprint density at radius 1 is 1.02 bits per heavy atom. The topological polar surface area (TPSA) is 99.0 Å². The second-order valence-corrected chi connectivity index (χ2v) is 11.4. The fourth-order valence-electron chi connectivity index (χ4n) is 5.96. The molecule has 1 saturated carbocycles. The van der Waals surface area contributed by atoms with Crippen LogP contribution in [0.4, 0.5) is 0 Å². The maximum absolute atomic E-state index is 14.1. The van der Waals surface area contributed by atoms with Gasteiger partial charge in [0.25, 0.3) is 11.8 Å². The number of nitrogens with zero attached hydrogens (tertiary/aromatic N) is 4. The van der Waals surface area contributed by atoms with E-state index < -0.39 is 6.04 Å². The monoisotopic (exact) mass is 570 g/mol. The molecule has 3 heterocycles. The van der Waals surface area contributed by atoms with E-state index in [2.05, 4.69) is 27.8 Å². The molecule has 5 rings (SSSR count). The van der Waals surface area contributed by atoms with Gasteiger partial charge in [0.15, 0.2) is 0 Å². The van der Waals surface area contributed by atoms with Crippen LogP contribution in [0.2, 0.25) is 0 Å². The first-order chi connectivity index (χ1) is 20.4. The Morgan fingerprint density at radius 3 is 2.52 bits per heavy atom. The van der Waals surface area contributed by atoms with Crippen molar-refractivity contribution in [2.75, 3.05) is 26.7 Å². The first-order valence-corrected chi connectivity index (χ1v) is 15.2. The summed E-state index contributed by atoms with van der Waals surface area (Å²) in [6, 6.07) is 15.3. The van der Waals surface area contributed by atoms with E-state index in [1.165, 1.54) is 0 Å². The van der Waals surface area contributed by atoms with E-state index in [-0.39, 0.29) is 23.8 Å².